The van der Waals surface area contributed by atoms with Crippen molar-refractivity contribution in [2.45, 2.75) is 6.54 Å². The summed E-state index contributed by atoms with van der Waals surface area (Å²) in [6, 6.07) is 10.2. The predicted octanol–water partition coefficient (Wildman–Crippen LogP) is 2.23. The van der Waals surface area contributed by atoms with Crippen LogP contribution in [0.3, 0.4) is 0 Å². The van der Waals surface area contributed by atoms with E-state index in [1.165, 1.54) is 4.88 Å². The quantitative estimate of drug-likeness (QED) is 0.881. The Kier molecular flexibility index (Phi) is 4.25. The molecule has 1 aromatic heterocycles. The Morgan fingerprint density at radius 2 is 2.06 bits per heavy atom. The van der Waals surface area contributed by atoms with Crippen LogP contribution in [0.2, 0.25) is 0 Å². The average molecular weight is 248 g/mol. The Morgan fingerprint density at radius 1 is 1.29 bits per heavy atom. The third-order valence-electron chi connectivity index (χ3n) is 2.48. The predicted molar refractivity (Wildman–Crippen MR) is 71.0 cm³/mol. The van der Waals surface area contributed by atoms with E-state index in [4.69, 9.17) is 5.11 Å². The Balaban J connectivity index is 2.06. The Hall–Kier alpha value is -1.23. The fourth-order valence-electron chi connectivity index (χ4n) is 1.61. The second-order valence-corrected chi connectivity index (χ2v) is 5.07. The number of likely N-dealkylation sites (N-methyl/N-ethyl adjacent to an activating group) is 1. The van der Waals surface area contributed by atoms with Gasteiger partial charge in [0, 0.05) is 29.7 Å². The molecule has 0 saturated carbocycles. The molecule has 3 nitrogen and oxygen atoms in total. The minimum absolute atomic E-state index is 0.195. The van der Waals surface area contributed by atoms with Crippen molar-refractivity contribution in [3.63, 3.8) is 0 Å². The lowest BCUT2D eigenvalue weighted by molar-refractivity contribution is 0.218. The van der Waals surface area contributed by atoms with Gasteiger partial charge in [-0.25, -0.2) is 4.98 Å². The van der Waals surface area contributed by atoms with Gasteiger partial charge in [-0.3, -0.25) is 4.90 Å². The summed E-state index contributed by atoms with van der Waals surface area (Å²) < 4.78 is 0. The molecule has 4 heteroatoms. The molecule has 0 spiro atoms. The van der Waals surface area contributed by atoms with Crippen molar-refractivity contribution >= 4 is 11.3 Å². The normalized spacial score (nSPS) is 11.0. The van der Waals surface area contributed by atoms with Crippen molar-refractivity contribution in [3.8, 4) is 10.6 Å². The average Bonchev–Trinajstić information content (AvgIpc) is 2.79. The van der Waals surface area contributed by atoms with Gasteiger partial charge in [-0.15, -0.1) is 11.3 Å². The molecule has 0 amide bonds. The number of aromatic nitrogens is 1. The first-order valence-corrected chi connectivity index (χ1v) is 6.41. The minimum Gasteiger partial charge on any atom is -0.395 e. The zero-order valence-electron chi connectivity index (χ0n) is 9.84. The number of aliphatic hydroxyl groups is 1. The standard InChI is InChI=1S/C13H16N2OS/c1-15(7-8-16)10-12-9-14-13(17-12)11-5-3-2-4-6-11/h2-6,9,16H,7-8,10H2,1H3. The number of benzene rings is 1. The maximum absolute atomic E-state index is 8.84. The van der Waals surface area contributed by atoms with Crippen LogP contribution >= 0.6 is 11.3 Å². The first-order chi connectivity index (χ1) is 8.29. The molecule has 0 fully saturated rings. The number of thiazole rings is 1. The molecule has 0 aliphatic heterocycles. The van der Waals surface area contributed by atoms with Crippen LogP contribution in [0.25, 0.3) is 10.6 Å². The summed E-state index contributed by atoms with van der Waals surface area (Å²) in [5.74, 6) is 0. The molecule has 0 atom stereocenters. The van der Waals surface area contributed by atoms with Crippen LogP contribution in [0.1, 0.15) is 4.88 Å². The highest BCUT2D eigenvalue weighted by atomic mass is 32.1. The molecule has 0 unspecified atom stereocenters. The van der Waals surface area contributed by atoms with Gasteiger partial charge in [0.2, 0.25) is 0 Å². The van der Waals surface area contributed by atoms with Crippen molar-refractivity contribution in [2.75, 3.05) is 20.2 Å². The zero-order chi connectivity index (χ0) is 12.1. The first kappa shape index (κ1) is 12.2. The highest BCUT2D eigenvalue weighted by Gasteiger charge is 2.06. The Labute approximate surface area is 105 Å². The van der Waals surface area contributed by atoms with Gasteiger partial charge < -0.3 is 5.11 Å². The van der Waals surface area contributed by atoms with Crippen molar-refractivity contribution in [1.82, 2.24) is 9.88 Å². The lowest BCUT2D eigenvalue weighted by Gasteiger charge is -2.12. The summed E-state index contributed by atoms with van der Waals surface area (Å²) in [7, 11) is 2.00. The number of nitrogens with zero attached hydrogens (tertiary/aromatic N) is 2. The highest BCUT2D eigenvalue weighted by Crippen LogP contribution is 2.25. The van der Waals surface area contributed by atoms with Crippen LogP contribution in [-0.2, 0) is 6.54 Å². The highest BCUT2D eigenvalue weighted by molar-refractivity contribution is 7.15. The molecule has 1 heterocycles. The van der Waals surface area contributed by atoms with Crippen molar-refractivity contribution < 1.29 is 5.11 Å². The van der Waals surface area contributed by atoms with Crippen LogP contribution in [0.5, 0.6) is 0 Å². The third kappa shape index (κ3) is 3.36. The van der Waals surface area contributed by atoms with E-state index >= 15 is 0 Å². The van der Waals surface area contributed by atoms with Crippen molar-refractivity contribution in [2.24, 2.45) is 0 Å². The van der Waals surface area contributed by atoms with E-state index in [-0.39, 0.29) is 6.61 Å². The Morgan fingerprint density at radius 3 is 2.76 bits per heavy atom. The maximum Gasteiger partial charge on any atom is 0.123 e. The van der Waals surface area contributed by atoms with Gasteiger partial charge in [-0.1, -0.05) is 30.3 Å². The van der Waals surface area contributed by atoms with E-state index in [1.54, 1.807) is 11.3 Å². The molecule has 17 heavy (non-hydrogen) atoms. The summed E-state index contributed by atoms with van der Waals surface area (Å²) in [6.45, 7) is 1.73. The molecular weight excluding hydrogens is 232 g/mol. The molecule has 2 rings (SSSR count). The molecule has 0 aliphatic rings. The van der Waals surface area contributed by atoms with Gasteiger partial charge >= 0.3 is 0 Å². The van der Waals surface area contributed by atoms with Gasteiger partial charge in [-0.2, -0.15) is 0 Å². The summed E-state index contributed by atoms with van der Waals surface area (Å²) in [5.41, 5.74) is 1.16. The topological polar surface area (TPSA) is 36.4 Å². The second-order valence-electron chi connectivity index (χ2n) is 3.96. The third-order valence-corrected chi connectivity index (χ3v) is 3.51. The van der Waals surface area contributed by atoms with Gasteiger partial charge in [0.1, 0.15) is 5.01 Å². The van der Waals surface area contributed by atoms with Crippen molar-refractivity contribution in [1.29, 1.82) is 0 Å². The first-order valence-electron chi connectivity index (χ1n) is 5.59. The molecule has 0 aliphatic carbocycles. The SMILES string of the molecule is CN(CCO)Cc1cnc(-c2ccccc2)s1. The lowest BCUT2D eigenvalue weighted by atomic mass is 10.2. The zero-order valence-corrected chi connectivity index (χ0v) is 10.7. The summed E-state index contributed by atoms with van der Waals surface area (Å²) in [6.07, 6.45) is 1.92. The second kappa shape index (κ2) is 5.91. The fraction of sp³-hybridized carbons (Fsp3) is 0.308. The number of hydrogen-bond acceptors (Lipinski definition) is 4. The van der Waals surface area contributed by atoms with Gasteiger partial charge in [0.25, 0.3) is 0 Å². The summed E-state index contributed by atoms with van der Waals surface area (Å²) in [5, 5.41) is 9.90. The van der Waals surface area contributed by atoms with Crippen LogP contribution in [0, 0.1) is 0 Å². The monoisotopic (exact) mass is 248 g/mol. The van der Waals surface area contributed by atoms with Gasteiger partial charge in [0.15, 0.2) is 0 Å². The molecule has 2 aromatic rings. The Bertz CT molecular complexity index is 455. The molecule has 1 N–H and O–H groups in total. The van der Waals surface area contributed by atoms with Crippen LogP contribution in [-0.4, -0.2) is 35.2 Å². The van der Waals surface area contributed by atoms with Gasteiger partial charge in [0.05, 0.1) is 6.61 Å². The maximum atomic E-state index is 8.84. The number of rotatable bonds is 5. The van der Waals surface area contributed by atoms with Crippen molar-refractivity contribution in [3.05, 3.63) is 41.4 Å². The van der Waals surface area contributed by atoms with E-state index < -0.39 is 0 Å². The largest absolute Gasteiger partial charge is 0.395 e. The van der Waals surface area contributed by atoms with Crippen LogP contribution < -0.4 is 0 Å². The van der Waals surface area contributed by atoms with E-state index in [2.05, 4.69) is 22.0 Å². The van der Waals surface area contributed by atoms with E-state index in [0.717, 1.165) is 17.1 Å². The smallest absolute Gasteiger partial charge is 0.123 e. The van der Waals surface area contributed by atoms with E-state index in [0.29, 0.717) is 6.54 Å². The number of aliphatic hydroxyl groups excluding tert-OH is 1. The van der Waals surface area contributed by atoms with Gasteiger partial charge in [-0.05, 0) is 7.05 Å². The van der Waals surface area contributed by atoms with Crippen LogP contribution in [0.15, 0.2) is 36.5 Å². The number of hydrogen-bond donors (Lipinski definition) is 1. The van der Waals surface area contributed by atoms with E-state index in [9.17, 15) is 0 Å². The summed E-state index contributed by atoms with van der Waals surface area (Å²) >= 11 is 1.71. The lowest BCUT2D eigenvalue weighted by Crippen LogP contribution is -2.20. The molecule has 90 valence electrons. The van der Waals surface area contributed by atoms with Crippen LogP contribution in [0.4, 0.5) is 0 Å². The fourth-order valence-corrected chi connectivity index (χ4v) is 2.61. The van der Waals surface area contributed by atoms with E-state index in [1.807, 2.05) is 31.4 Å². The molecule has 0 saturated heterocycles. The molecular formula is C13H16N2OS. The molecule has 0 radical (unpaired) electrons. The summed E-state index contributed by atoms with van der Waals surface area (Å²) in [4.78, 5) is 7.74. The molecule has 1 aromatic carbocycles. The minimum atomic E-state index is 0.195. The molecule has 0 bridgehead atoms.